The molecule has 0 bridgehead atoms. The van der Waals surface area contributed by atoms with Crippen LogP contribution in [0.15, 0.2) is 30.6 Å². The molecule has 1 heterocycles. The van der Waals surface area contributed by atoms with Gasteiger partial charge in [-0.3, -0.25) is 14.7 Å². The first kappa shape index (κ1) is 15.6. The summed E-state index contributed by atoms with van der Waals surface area (Å²) in [5.41, 5.74) is 1.19. The number of carbonyl (C=O) groups excluding carboxylic acids is 1. The zero-order valence-electron chi connectivity index (χ0n) is 12.0. The van der Waals surface area contributed by atoms with E-state index in [4.69, 9.17) is 9.84 Å². The number of amides is 1. The lowest BCUT2D eigenvalue weighted by atomic mass is 10.1. The molecule has 8 heteroatoms. The number of aromatic amines is 1. The molecule has 116 valence electrons. The maximum absolute atomic E-state index is 12.4. The summed E-state index contributed by atoms with van der Waals surface area (Å²) < 4.78 is 4.90. The van der Waals surface area contributed by atoms with Gasteiger partial charge in [-0.15, -0.1) is 0 Å². The summed E-state index contributed by atoms with van der Waals surface area (Å²) >= 11 is 0. The molecule has 0 fully saturated rings. The molecule has 2 aromatic rings. The molecule has 0 aliphatic rings. The van der Waals surface area contributed by atoms with Crippen LogP contribution < -0.4 is 0 Å². The number of hydrogen-bond donors (Lipinski definition) is 2. The molecule has 1 aromatic carbocycles. The van der Waals surface area contributed by atoms with E-state index in [2.05, 4.69) is 15.2 Å². The summed E-state index contributed by atoms with van der Waals surface area (Å²) in [4.78, 5) is 28.5. The van der Waals surface area contributed by atoms with Gasteiger partial charge in [-0.05, 0) is 12.1 Å². The van der Waals surface area contributed by atoms with Crippen molar-refractivity contribution in [1.29, 1.82) is 0 Å². The summed E-state index contributed by atoms with van der Waals surface area (Å²) in [6.07, 6.45) is 1.40. The Morgan fingerprint density at radius 3 is 2.59 bits per heavy atom. The second kappa shape index (κ2) is 7.32. The number of aliphatic carboxylic acids is 1. The fourth-order valence-corrected chi connectivity index (χ4v) is 1.91. The maximum Gasteiger partial charge on any atom is 0.323 e. The van der Waals surface area contributed by atoms with Gasteiger partial charge >= 0.3 is 5.97 Å². The summed E-state index contributed by atoms with van der Waals surface area (Å²) in [7, 11) is 1.50. The number of carboxylic acid groups (broad SMARTS) is 1. The van der Waals surface area contributed by atoms with E-state index in [1.165, 1.54) is 18.3 Å². The van der Waals surface area contributed by atoms with Gasteiger partial charge in [0.1, 0.15) is 12.9 Å². The number of nitrogens with zero attached hydrogens (tertiary/aromatic N) is 3. The molecule has 0 spiro atoms. The van der Waals surface area contributed by atoms with Crippen molar-refractivity contribution >= 4 is 11.9 Å². The molecule has 0 unspecified atom stereocenters. The van der Waals surface area contributed by atoms with Gasteiger partial charge in [0.2, 0.25) is 0 Å². The van der Waals surface area contributed by atoms with Crippen LogP contribution in [0.25, 0.3) is 11.4 Å². The highest BCUT2D eigenvalue weighted by Gasteiger charge is 2.18. The Balaban J connectivity index is 2.13. The third kappa shape index (κ3) is 3.89. The SMILES string of the molecule is COCCN(CC(=O)O)C(=O)c1ccc(-c2ncn[nH]2)cc1. The Hall–Kier alpha value is -2.74. The number of hydrogen-bond acceptors (Lipinski definition) is 5. The Morgan fingerprint density at radius 1 is 1.32 bits per heavy atom. The topological polar surface area (TPSA) is 108 Å². The number of rotatable bonds is 7. The van der Waals surface area contributed by atoms with Crippen LogP contribution in [0.2, 0.25) is 0 Å². The van der Waals surface area contributed by atoms with Crippen LogP contribution in [0, 0.1) is 0 Å². The number of H-pyrrole nitrogens is 1. The normalized spacial score (nSPS) is 10.4. The van der Waals surface area contributed by atoms with Crippen molar-refractivity contribution in [3.05, 3.63) is 36.2 Å². The smallest absolute Gasteiger partial charge is 0.323 e. The third-order valence-corrected chi connectivity index (χ3v) is 3.00. The maximum atomic E-state index is 12.4. The zero-order chi connectivity index (χ0) is 15.9. The van der Waals surface area contributed by atoms with Gasteiger partial charge in [-0.1, -0.05) is 12.1 Å². The van der Waals surface area contributed by atoms with E-state index < -0.39 is 5.97 Å². The van der Waals surface area contributed by atoms with Crippen LogP contribution >= 0.6 is 0 Å². The molecule has 0 saturated heterocycles. The van der Waals surface area contributed by atoms with E-state index in [9.17, 15) is 9.59 Å². The minimum absolute atomic E-state index is 0.214. The lowest BCUT2D eigenvalue weighted by Gasteiger charge is -2.20. The molecular formula is C14H16N4O4. The van der Waals surface area contributed by atoms with Crippen LogP contribution in [0.1, 0.15) is 10.4 Å². The average Bonchev–Trinajstić information content (AvgIpc) is 3.05. The second-order valence-corrected chi connectivity index (χ2v) is 4.52. The molecule has 1 aromatic heterocycles. The highest BCUT2D eigenvalue weighted by molar-refractivity contribution is 5.96. The number of carbonyl (C=O) groups is 2. The lowest BCUT2D eigenvalue weighted by Crippen LogP contribution is -2.37. The highest BCUT2D eigenvalue weighted by atomic mass is 16.5. The fraction of sp³-hybridized carbons (Fsp3) is 0.286. The summed E-state index contributed by atoms with van der Waals surface area (Å²) in [6.45, 7) is 0.118. The minimum Gasteiger partial charge on any atom is -0.480 e. The van der Waals surface area contributed by atoms with Crippen molar-refractivity contribution in [2.45, 2.75) is 0 Å². The van der Waals surface area contributed by atoms with E-state index >= 15 is 0 Å². The predicted molar refractivity (Wildman–Crippen MR) is 77.2 cm³/mol. The van der Waals surface area contributed by atoms with Crippen molar-refractivity contribution in [2.75, 3.05) is 26.8 Å². The Labute approximate surface area is 126 Å². The molecule has 0 atom stereocenters. The standard InChI is InChI=1S/C14H16N4O4/c1-22-7-6-18(8-12(19)20)14(21)11-4-2-10(3-5-11)13-15-9-16-17-13/h2-5,9H,6-8H2,1H3,(H,19,20)(H,15,16,17). The lowest BCUT2D eigenvalue weighted by molar-refractivity contribution is -0.137. The first-order valence-corrected chi connectivity index (χ1v) is 6.57. The number of aromatic nitrogens is 3. The number of nitrogens with one attached hydrogen (secondary N) is 1. The number of benzene rings is 1. The minimum atomic E-state index is -1.07. The summed E-state index contributed by atoms with van der Waals surface area (Å²) in [5, 5.41) is 15.4. The van der Waals surface area contributed by atoms with E-state index in [0.29, 0.717) is 11.4 Å². The second-order valence-electron chi connectivity index (χ2n) is 4.52. The molecule has 0 aliphatic carbocycles. The molecule has 0 aliphatic heterocycles. The van der Waals surface area contributed by atoms with Crippen LogP contribution in [0.4, 0.5) is 0 Å². The Morgan fingerprint density at radius 2 is 2.05 bits per heavy atom. The van der Waals surface area contributed by atoms with Gasteiger partial charge in [0, 0.05) is 24.8 Å². The Bertz CT molecular complexity index is 625. The molecule has 8 nitrogen and oxygen atoms in total. The van der Waals surface area contributed by atoms with Gasteiger partial charge in [0.25, 0.3) is 5.91 Å². The monoisotopic (exact) mass is 304 g/mol. The summed E-state index contributed by atoms with van der Waals surface area (Å²) in [5.74, 6) is -0.827. The van der Waals surface area contributed by atoms with Gasteiger partial charge in [0.05, 0.1) is 6.61 Å². The first-order valence-electron chi connectivity index (χ1n) is 6.57. The molecule has 1 amide bonds. The average molecular weight is 304 g/mol. The van der Waals surface area contributed by atoms with Crippen molar-refractivity contribution in [1.82, 2.24) is 20.1 Å². The number of ether oxygens (including phenoxy) is 1. The van der Waals surface area contributed by atoms with E-state index in [0.717, 1.165) is 5.56 Å². The van der Waals surface area contributed by atoms with E-state index in [1.54, 1.807) is 24.3 Å². The molecule has 0 radical (unpaired) electrons. The Kier molecular flexibility index (Phi) is 5.21. The summed E-state index contributed by atoms with van der Waals surface area (Å²) in [6, 6.07) is 6.70. The van der Waals surface area contributed by atoms with Gasteiger partial charge in [0.15, 0.2) is 5.82 Å². The molecule has 2 rings (SSSR count). The largest absolute Gasteiger partial charge is 0.480 e. The highest BCUT2D eigenvalue weighted by Crippen LogP contribution is 2.15. The quantitative estimate of drug-likeness (QED) is 0.777. The number of methoxy groups -OCH3 is 1. The van der Waals surface area contributed by atoms with Crippen LogP contribution in [0.5, 0.6) is 0 Å². The first-order chi connectivity index (χ1) is 10.6. The van der Waals surface area contributed by atoms with Crippen molar-refractivity contribution < 1.29 is 19.4 Å². The van der Waals surface area contributed by atoms with E-state index in [-0.39, 0.29) is 25.6 Å². The predicted octanol–water partition coefficient (Wildman–Crippen LogP) is 0.645. The van der Waals surface area contributed by atoms with Gasteiger partial charge in [-0.2, -0.15) is 5.10 Å². The molecule has 22 heavy (non-hydrogen) atoms. The van der Waals surface area contributed by atoms with Gasteiger partial charge in [-0.25, -0.2) is 4.98 Å². The van der Waals surface area contributed by atoms with Crippen LogP contribution in [0.3, 0.4) is 0 Å². The van der Waals surface area contributed by atoms with Gasteiger partial charge < -0.3 is 14.7 Å². The van der Waals surface area contributed by atoms with E-state index in [1.807, 2.05) is 0 Å². The van der Waals surface area contributed by atoms with Crippen molar-refractivity contribution in [2.24, 2.45) is 0 Å². The zero-order valence-corrected chi connectivity index (χ0v) is 12.0. The fourth-order valence-electron chi connectivity index (χ4n) is 1.91. The van der Waals surface area contributed by atoms with Crippen molar-refractivity contribution in [3.63, 3.8) is 0 Å². The number of carboxylic acids is 1. The van der Waals surface area contributed by atoms with Crippen LogP contribution in [-0.4, -0.2) is 63.9 Å². The molecule has 2 N–H and O–H groups in total. The van der Waals surface area contributed by atoms with Crippen LogP contribution in [-0.2, 0) is 9.53 Å². The molecular weight excluding hydrogens is 288 g/mol. The molecule has 0 saturated carbocycles. The van der Waals surface area contributed by atoms with Crippen molar-refractivity contribution in [3.8, 4) is 11.4 Å². The third-order valence-electron chi connectivity index (χ3n) is 3.00.